The Labute approximate surface area is 726 Å². The summed E-state index contributed by atoms with van der Waals surface area (Å²) in [4.78, 5) is 44.2. The number of nitriles is 3. The number of esters is 3. The monoisotopic (exact) mass is 1730 g/mol. The maximum Gasteiger partial charge on any atom is 0.416 e. The van der Waals surface area contributed by atoms with E-state index in [1.807, 2.05) is 94.4 Å². The Hall–Kier alpha value is -12.9. The number of methoxy groups -OCH3 is 3. The molecule has 0 aliphatic heterocycles. The second-order valence-electron chi connectivity index (χ2n) is 26.6. The van der Waals surface area contributed by atoms with Crippen molar-refractivity contribution in [3.8, 4) is 18.2 Å². The molecule has 0 bridgehead atoms. The van der Waals surface area contributed by atoms with Gasteiger partial charge in [-0.05, 0) is 218 Å². The summed E-state index contributed by atoms with van der Waals surface area (Å²) in [6.45, 7) is 28.5. The van der Waals surface area contributed by atoms with E-state index < -0.39 is 81.6 Å². The molecule has 0 saturated heterocycles. The van der Waals surface area contributed by atoms with Crippen LogP contribution in [0.25, 0.3) is 0 Å². The number of aryl methyl sites for hydroxylation is 13. The third kappa shape index (κ3) is 47.9. The summed E-state index contributed by atoms with van der Waals surface area (Å²) in [5.74, 6) is -6.41. The summed E-state index contributed by atoms with van der Waals surface area (Å²) in [5, 5.41) is 25.5. The van der Waals surface area contributed by atoms with E-state index in [9.17, 15) is 76.3 Å². The highest BCUT2D eigenvalue weighted by Crippen LogP contribution is 2.36. The molecule has 0 unspecified atom stereocenters. The summed E-state index contributed by atoms with van der Waals surface area (Å²) in [5.41, 5.74) is 13.1. The van der Waals surface area contributed by atoms with E-state index in [4.69, 9.17) is 15.8 Å². The maximum atomic E-state index is 12.7. The van der Waals surface area contributed by atoms with E-state index >= 15 is 0 Å². The molecular weight excluding hydrogens is 1610 g/mol. The average Bonchev–Trinajstić information content (AvgIpc) is 0.807. The molecular formula is C101H118F13N3O7. The minimum Gasteiger partial charge on any atom is -0.465 e. The van der Waals surface area contributed by atoms with Crippen molar-refractivity contribution in [2.75, 3.05) is 21.3 Å². The van der Waals surface area contributed by atoms with Gasteiger partial charge in [0.05, 0.1) is 89.6 Å². The highest BCUT2D eigenvalue weighted by molar-refractivity contribution is 5.96. The van der Waals surface area contributed by atoms with Gasteiger partial charge in [-0.15, -0.1) is 0 Å². The molecule has 0 spiro atoms. The number of rotatable bonds is 4. The quantitative estimate of drug-likeness (QED) is 0.0544. The molecule has 10 nitrogen and oxygen atoms in total. The molecule has 0 heterocycles. The Balaban J connectivity index is -0.000000309. The van der Waals surface area contributed by atoms with Gasteiger partial charge in [0.2, 0.25) is 0 Å². The van der Waals surface area contributed by atoms with Gasteiger partial charge in [-0.2, -0.15) is 55.3 Å². The lowest BCUT2D eigenvalue weighted by atomic mass is 10.1. The van der Waals surface area contributed by atoms with Crippen molar-refractivity contribution in [1.82, 2.24) is 0 Å². The molecule has 11 rings (SSSR count). The number of halogens is 13. The highest BCUT2D eigenvalue weighted by Gasteiger charge is 2.36. The Morgan fingerprint density at radius 3 is 0.758 bits per heavy atom. The molecule has 11 aromatic rings. The van der Waals surface area contributed by atoms with Crippen LogP contribution in [-0.4, -0.2) is 45.0 Å². The van der Waals surface area contributed by atoms with Gasteiger partial charge in [-0.1, -0.05) is 234 Å². The first-order valence-electron chi connectivity index (χ1n) is 35.7. The normalized spacial score (nSPS) is 9.49. The van der Waals surface area contributed by atoms with Gasteiger partial charge >= 0.3 is 36.4 Å². The summed E-state index contributed by atoms with van der Waals surface area (Å²) in [6, 6.07) is 70.4. The first-order chi connectivity index (χ1) is 55.0. The molecule has 0 atom stereocenters. The molecule has 0 amide bonds. The van der Waals surface area contributed by atoms with E-state index in [1.165, 1.54) is 79.3 Å². The number of ether oxygens (including phenoxy) is 3. The van der Waals surface area contributed by atoms with Gasteiger partial charge in [0.25, 0.3) is 0 Å². The average molecular weight is 1730 g/mol. The number of hydrogen-bond acceptors (Lipinski definition) is 10. The molecule has 124 heavy (non-hydrogen) atoms. The molecule has 11 aromatic carbocycles. The van der Waals surface area contributed by atoms with Crippen LogP contribution < -0.4 is 0 Å². The third-order valence-electron chi connectivity index (χ3n) is 15.7. The van der Waals surface area contributed by atoms with Crippen molar-refractivity contribution in [2.45, 2.75) is 174 Å². The van der Waals surface area contributed by atoms with E-state index in [2.05, 4.69) is 135 Å². The van der Waals surface area contributed by atoms with E-state index in [0.29, 0.717) is 45.5 Å². The van der Waals surface area contributed by atoms with Crippen LogP contribution in [0.5, 0.6) is 0 Å². The van der Waals surface area contributed by atoms with Gasteiger partial charge in [-0.3, -0.25) is 4.79 Å². The van der Waals surface area contributed by atoms with Crippen LogP contribution >= 0.6 is 0 Å². The zero-order valence-corrected chi connectivity index (χ0v) is 69.0. The number of alkyl halides is 9. The van der Waals surface area contributed by atoms with Crippen molar-refractivity contribution in [3.63, 3.8) is 0 Å². The first-order valence-corrected chi connectivity index (χ1v) is 35.7. The van der Waals surface area contributed by atoms with Gasteiger partial charge in [0.1, 0.15) is 0 Å². The van der Waals surface area contributed by atoms with Gasteiger partial charge in [0, 0.05) is 16.7 Å². The third-order valence-corrected chi connectivity index (χ3v) is 15.7. The number of hydrogen-bond donors (Lipinski definition) is 0. The Morgan fingerprint density at radius 1 is 0.258 bits per heavy atom. The highest BCUT2D eigenvalue weighted by atomic mass is 19.4. The fourth-order valence-corrected chi connectivity index (χ4v) is 9.25. The standard InChI is InChI=1S/C11H12O4.C9H6F6.C9H6N2.C9H10O2.C9H10O.C8H6F4.C8H7F3.C8H7N.3C8H10.6CH4/c1-7-4-8(10(12)14-2)6-9(5-7)11(13)15-3;1-5-2-6(8(10,11)12)4-7(3-5)9(13,14)15;1-7-2-8(5-10)4-9(3-7)6-11;1-7-4-3-5-8(6-7)9(10)11-2;1-7-3-5-9(6-4-7)8(2)10;1-3-5(9)7(11)4(2)8(12)6(3)10;1-6-3-2-4-7(5-6)8(9,10)11;1-7-3-2-4-8(5-7)6-9;3*1-7-3-5-8(2)6-4-7;;;;;;/h4-6H,1-3H3;2-4H,1H3;2-4H,1H3;3-6H,1-2H3;3-6H,1-2H3;1-2H3;2-5H,1H3;2-5H,1H3;3*3-6H,1-2H3;6*1H4. The molecule has 0 N–H and O–H groups in total. The van der Waals surface area contributed by atoms with Crippen LogP contribution in [0.15, 0.2) is 224 Å². The van der Waals surface area contributed by atoms with Gasteiger partial charge in [-0.25, -0.2) is 31.9 Å². The van der Waals surface area contributed by atoms with Crippen molar-refractivity contribution < 1.29 is 90.5 Å². The van der Waals surface area contributed by atoms with Crippen LogP contribution in [-0.2, 0) is 32.7 Å². The van der Waals surface area contributed by atoms with Gasteiger partial charge < -0.3 is 14.2 Å². The Bertz CT molecular complexity index is 4800. The number of carbonyl (C=O) groups is 4. The van der Waals surface area contributed by atoms with Crippen LogP contribution in [0.3, 0.4) is 0 Å². The fraction of sp³-hybridized carbons (Fsp3) is 0.277. The molecule has 0 fully saturated rings. The number of carbonyl (C=O) groups excluding carboxylic acids is 4. The molecule has 0 aliphatic carbocycles. The second-order valence-corrected chi connectivity index (χ2v) is 26.6. The van der Waals surface area contributed by atoms with Crippen LogP contribution in [0.1, 0.15) is 210 Å². The Morgan fingerprint density at radius 2 is 0.500 bits per heavy atom. The van der Waals surface area contributed by atoms with Crippen LogP contribution in [0.2, 0.25) is 0 Å². The van der Waals surface area contributed by atoms with Crippen molar-refractivity contribution >= 4 is 23.7 Å². The molecule has 23 heteroatoms. The zero-order chi connectivity index (χ0) is 90.0. The summed E-state index contributed by atoms with van der Waals surface area (Å²) >= 11 is 0. The molecule has 0 saturated carbocycles. The molecule has 0 radical (unpaired) electrons. The predicted octanol–water partition coefficient (Wildman–Crippen LogP) is 29.8. The van der Waals surface area contributed by atoms with Crippen molar-refractivity contribution in [2.24, 2.45) is 0 Å². The lowest BCUT2D eigenvalue weighted by Crippen LogP contribution is -2.11. The SMILES string of the molecule is C.C.C.C.C.C.CC(=O)c1ccc(C)cc1.COC(=O)c1cc(C)cc(C(=O)OC)c1.COC(=O)c1cccc(C)c1.Cc1c(F)c(F)c(C)c(F)c1F.Cc1cc(C#N)cc(C#N)c1.Cc1cc(C(F)(F)F)cc(C(F)(F)F)c1.Cc1ccc(C)cc1.Cc1ccc(C)cc1.Cc1ccc(C)cc1.Cc1cccc(C#N)c1.Cc1cccc(C(F)(F)F)c1. The van der Waals surface area contributed by atoms with Crippen molar-refractivity contribution in [3.05, 3.63) is 387 Å². The minimum atomic E-state index is -4.76. The predicted molar refractivity (Wildman–Crippen MR) is 475 cm³/mol. The minimum absolute atomic E-state index is 0. The fourth-order valence-electron chi connectivity index (χ4n) is 9.25. The lowest BCUT2D eigenvalue weighted by Gasteiger charge is -2.12. The zero-order valence-electron chi connectivity index (χ0n) is 69.0. The second kappa shape index (κ2) is 60.5. The smallest absolute Gasteiger partial charge is 0.416 e. The molecule has 0 aliphatic rings. The van der Waals surface area contributed by atoms with E-state index in [0.717, 1.165) is 59.4 Å². The van der Waals surface area contributed by atoms with Crippen LogP contribution in [0.4, 0.5) is 57.1 Å². The number of Topliss-reactive ketones (excluding diaryl/α,β-unsaturated/α-hetero) is 1. The largest absolute Gasteiger partial charge is 0.465 e. The lowest BCUT2D eigenvalue weighted by molar-refractivity contribution is -0.143. The number of benzene rings is 11. The van der Waals surface area contributed by atoms with E-state index in [1.54, 1.807) is 75.4 Å². The topological polar surface area (TPSA) is 167 Å². The summed E-state index contributed by atoms with van der Waals surface area (Å²) < 4.78 is 173. The van der Waals surface area contributed by atoms with E-state index in [-0.39, 0.29) is 67.9 Å². The Kier molecular flexibility index (Phi) is 59.5. The summed E-state index contributed by atoms with van der Waals surface area (Å²) in [7, 11) is 3.97. The maximum absolute atomic E-state index is 12.7. The van der Waals surface area contributed by atoms with Gasteiger partial charge in [0.15, 0.2) is 29.1 Å². The molecule has 670 valence electrons. The number of ketones is 1. The number of nitrogens with zero attached hydrogens (tertiary/aromatic N) is 3. The first kappa shape index (κ1) is 122. The van der Waals surface area contributed by atoms with Crippen molar-refractivity contribution in [1.29, 1.82) is 15.8 Å². The van der Waals surface area contributed by atoms with Crippen LogP contribution in [0, 0.1) is 161 Å². The summed E-state index contributed by atoms with van der Waals surface area (Å²) in [6.07, 6.45) is -13.7. The molecule has 0 aromatic heterocycles.